The molecule has 1 saturated carbocycles. The fourth-order valence-electron chi connectivity index (χ4n) is 1.20. The summed E-state index contributed by atoms with van der Waals surface area (Å²) in [6.07, 6.45) is 5.55. The zero-order chi connectivity index (χ0) is 7.40. The quantitative estimate of drug-likeness (QED) is 0.445. The second kappa shape index (κ2) is 3.54. The van der Waals surface area contributed by atoms with Crippen molar-refractivity contribution < 1.29 is 4.92 Å². The van der Waals surface area contributed by atoms with Gasteiger partial charge in [-0.1, -0.05) is 19.3 Å². The fraction of sp³-hybridized carbons (Fsp3) is 0.857. The third-order valence-electron chi connectivity index (χ3n) is 2.08. The van der Waals surface area contributed by atoms with Crippen LogP contribution in [0, 0.1) is 22.6 Å². The minimum atomic E-state index is -0.349. The van der Waals surface area contributed by atoms with Crippen LogP contribution in [0.15, 0.2) is 0 Å². The van der Waals surface area contributed by atoms with Crippen molar-refractivity contribution >= 4 is 0 Å². The van der Waals surface area contributed by atoms with Crippen molar-refractivity contribution in [1.82, 2.24) is 0 Å². The summed E-state index contributed by atoms with van der Waals surface area (Å²) in [4.78, 5) is 9.49. The van der Waals surface area contributed by atoms with E-state index in [4.69, 9.17) is 0 Å². The summed E-state index contributed by atoms with van der Waals surface area (Å²) >= 11 is 0. The molecular weight excluding hydrogens is 130 g/mol. The average Bonchev–Trinajstić information content (AvgIpc) is 1.75. The first kappa shape index (κ1) is 7.51. The molecular formula is C7H12NO2. The monoisotopic (exact) mass is 142 g/mol. The molecule has 3 heteroatoms. The summed E-state index contributed by atoms with van der Waals surface area (Å²) < 4.78 is 0. The van der Waals surface area contributed by atoms with Crippen LogP contribution in [0.25, 0.3) is 0 Å². The van der Waals surface area contributed by atoms with Crippen molar-refractivity contribution in [2.45, 2.75) is 32.1 Å². The van der Waals surface area contributed by atoms with Gasteiger partial charge < -0.3 is 0 Å². The van der Waals surface area contributed by atoms with Crippen LogP contribution in [0.4, 0.5) is 0 Å². The van der Waals surface area contributed by atoms with Crippen molar-refractivity contribution in [3.8, 4) is 0 Å². The van der Waals surface area contributed by atoms with Gasteiger partial charge in [0, 0.05) is 11.3 Å². The molecule has 0 spiro atoms. The lowest BCUT2D eigenvalue weighted by atomic mass is 9.82. The predicted octanol–water partition coefficient (Wildman–Crippen LogP) is 2.01. The van der Waals surface area contributed by atoms with E-state index in [0.717, 1.165) is 12.3 Å². The van der Waals surface area contributed by atoms with Crippen LogP contribution in [0.2, 0.25) is 0 Å². The van der Waals surface area contributed by atoms with E-state index in [1.807, 2.05) is 0 Å². The minimum absolute atomic E-state index is 0.349. The van der Waals surface area contributed by atoms with E-state index >= 15 is 0 Å². The maximum absolute atomic E-state index is 9.84. The molecule has 0 aromatic heterocycles. The molecule has 1 radical (unpaired) electrons. The Morgan fingerprint density at radius 3 is 2.70 bits per heavy atom. The van der Waals surface area contributed by atoms with Crippen LogP contribution >= 0.6 is 0 Å². The third-order valence-corrected chi connectivity index (χ3v) is 2.08. The topological polar surface area (TPSA) is 43.1 Å². The Morgan fingerprint density at radius 2 is 2.30 bits per heavy atom. The largest absolute Gasteiger partial charge is 0.279 e. The van der Waals surface area contributed by atoms with E-state index in [1.165, 1.54) is 25.8 Å². The van der Waals surface area contributed by atoms with Gasteiger partial charge in [0.05, 0.1) is 0 Å². The molecule has 1 aliphatic carbocycles. The van der Waals surface area contributed by atoms with E-state index < -0.39 is 0 Å². The first-order valence-electron chi connectivity index (χ1n) is 3.76. The lowest BCUT2D eigenvalue weighted by Gasteiger charge is -2.24. The third kappa shape index (κ3) is 2.33. The van der Waals surface area contributed by atoms with Crippen LogP contribution in [-0.4, -0.2) is 4.92 Å². The summed E-state index contributed by atoms with van der Waals surface area (Å²) in [5.41, 5.74) is 0. The highest BCUT2D eigenvalue weighted by molar-refractivity contribution is 4.70. The Bertz CT molecular complexity index is 121. The van der Waals surface area contributed by atoms with Crippen LogP contribution in [-0.2, 0) is 0 Å². The molecule has 0 aromatic carbocycles. The van der Waals surface area contributed by atoms with E-state index in [1.54, 1.807) is 0 Å². The Labute approximate surface area is 60.6 Å². The van der Waals surface area contributed by atoms with E-state index in [-0.39, 0.29) is 4.92 Å². The molecule has 0 unspecified atom stereocenters. The minimum Gasteiger partial charge on any atom is -0.264 e. The van der Waals surface area contributed by atoms with Crippen LogP contribution in [0.3, 0.4) is 0 Å². The molecule has 0 aromatic rings. The molecule has 1 aliphatic rings. The number of nitrogens with zero attached hydrogens (tertiary/aromatic N) is 1. The Balaban J connectivity index is 1.89. The molecule has 1 fully saturated rings. The van der Waals surface area contributed by atoms with Gasteiger partial charge in [-0.2, -0.15) is 0 Å². The van der Waals surface area contributed by atoms with Gasteiger partial charge >= 0.3 is 0 Å². The molecule has 0 bridgehead atoms. The fourth-order valence-corrected chi connectivity index (χ4v) is 1.20. The van der Waals surface area contributed by atoms with Crippen molar-refractivity contribution in [2.24, 2.45) is 5.92 Å². The van der Waals surface area contributed by atoms with Crippen molar-refractivity contribution in [3.05, 3.63) is 16.7 Å². The molecule has 1 rings (SSSR count). The average molecular weight is 142 g/mol. The number of rotatable bonds is 4. The van der Waals surface area contributed by atoms with Gasteiger partial charge in [-0.05, 0) is 12.3 Å². The molecule has 0 saturated heterocycles. The van der Waals surface area contributed by atoms with Crippen molar-refractivity contribution in [3.63, 3.8) is 0 Å². The number of nitro groups is 1. The van der Waals surface area contributed by atoms with E-state index in [9.17, 15) is 10.1 Å². The maximum Gasteiger partial charge on any atom is 0.279 e. The van der Waals surface area contributed by atoms with Crippen molar-refractivity contribution in [2.75, 3.05) is 0 Å². The summed E-state index contributed by atoms with van der Waals surface area (Å²) in [7, 11) is 0. The Morgan fingerprint density at radius 1 is 1.60 bits per heavy atom. The molecule has 57 valence electrons. The predicted molar refractivity (Wildman–Crippen MR) is 37.9 cm³/mol. The van der Waals surface area contributed by atoms with Crippen LogP contribution in [0.1, 0.15) is 32.1 Å². The number of hydrogen-bond donors (Lipinski definition) is 0. The standard InChI is InChI=1S/C7H12NO2/c9-8(10)6-2-5-7-3-1-4-7/h6-7H,1-5H2. The summed E-state index contributed by atoms with van der Waals surface area (Å²) in [5.74, 6) is 0.788. The van der Waals surface area contributed by atoms with E-state index in [2.05, 4.69) is 0 Å². The zero-order valence-corrected chi connectivity index (χ0v) is 5.95. The van der Waals surface area contributed by atoms with Gasteiger partial charge in [-0.3, -0.25) is 10.1 Å². The summed E-state index contributed by atoms with van der Waals surface area (Å²) in [6.45, 7) is 1.16. The van der Waals surface area contributed by atoms with Gasteiger partial charge in [0.1, 0.15) is 0 Å². The van der Waals surface area contributed by atoms with Crippen LogP contribution < -0.4 is 0 Å². The molecule has 0 heterocycles. The molecule has 10 heavy (non-hydrogen) atoms. The maximum atomic E-state index is 9.84. The molecule has 0 N–H and O–H groups in total. The highest BCUT2D eigenvalue weighted by Crippen LogP contribution is 2.30. The van der Waals surface area contributed by atoms with Crippen LogP contribution in [0.5, 0.6) is 0 Å². The molecule has 3 nitrogen and oxygen atoms in total. The second-order valence-corrected chi connectivity index (χ2v) is 2.84. The highest BCUT2D eigenvalue weighted by Gasteiger charge is 2.17. The second-order valence-electron chi connectivity index (χ2n) is 2.84. The van der Waals surface area contributed by atoms with Gasteiger partial charge in [0.25, 0.3) is 6.54 Å². The highest BCUT2D eigenvalue weighted by atomic mass is 16.6. The van der Waals surface area contributed by atoms with Gasteiger partial charge in [-0.15, -0.1) is 0 Å². The van der Waals surface area contributed by atoms with Gasteiger partial charge in [-0.25, -0.2) is 0 Å². The Kier molecular flexibility index (Phi) is 2.66. The molecule has 0 amide bonds. The first-order valence-corrected chi connectivity index (χ1v) is 3.76. The lowest BCUT2D eigenvalue weighted by Crippen LogP contribution is -2.11. The normalized spacial score (nSPS) is 18.4. The van der Waals surface area contributed by atoms with E-state index in [0.29, 0.717) is 6.42 Å². The van der Waals surface area contributed by atoms with Gasteiger partial charge in [0.2, 0.25) is 0 Å². The Hall–Kier alpha value is -0.600. The smallest absolute Gasteiger partial charge is 0.264 e. The molecule has 0 atom stereocenters. The van der Waals surface area contributed by atoms with Crippen molar-refractivity contribution in [1.29, 1.82) is 0 Å². The zero-order valence-electron chi connectivity index (χ0n) is 5.95. The first-order chi connectivity index (χ1) is 4.79. The molecule has 0 aliphatic heterocycles. The SMILES string of the molecule is O=[N+]([O-])[CH]CCC1CCC1. The number of hydrogen-bond acceptors (Lipinski definition) is 2. The lowest BCUT2D eigenvalue weighted by molar-refractivity contribution is -0.438. The summed E-state index contributed by atoms with van der Waals surface area (Å²) in [5, 5.41) is 9.84. The van der Waals surface area contributed by atoms with Gasteiger partial charge in [0.15, 0.2) is 0 Å². The summed E-state index contributed by atoms with van der Waals surface area (Å²) in [6, 6.07) is 0.